The summed E-state index contributed by atoms with van der Waals surface area (Å²) in [5, 5.41) is 15.8. The van der Waals surface area contributed by atoms with Gasteiger partial charge in [-0.1, -0.05) is 18.2 Å². The Morgan fingerprint density at radius 1 is 1.16 bits per heavy atom. The fourth-order valence-electron chi connectivity index (χ4n) is 7.01. The lowest BCUT2D eigenvalue weighted by Gasteiger charge is -2.39. The number of rotatable bonds is 5. The average Bonchev–Trinajstić information content (AvgIpc) is 3.34. The minimum Gasteiger partial charge on any atom is -0.388 e. The highest BCUT2D eigenvalue weighted by Crippen LogP contribution is 2.41. The standard InChI is InChI=1S/C30H37N5O3/c1-19-15-21(12-14-31-19)28-24-16-22(8-10-25(24)33-34-28)29(37)32-23-6-4-13-30(38,17-23)18-35-26-7-3-2-5-20(26)9-11-27(35)36/h2-3,5,7,9,11-12,14-15,22-25,28,33-34,38H,4,6,8,10,13,16-18H2,1H3,(H,32,37)/t22?,23-,24?,25?,28?,30-/m1/s1. The van der Waals surface area contributed by atoms with Crippen LogP contribution in [0, 0.1) is 18.8 Å². The third-order valence-corrected chi connectivity index (χ3v) is 8.92. The van der Waals surface area contributed by atoms with Gasteiger partial charge in [-0.3, -0.25) is 20.0 Å². The third kappa shape index (κ3) is 5.00. The van der Waals surface area contributed by atoms with Crippen LogP contribution in [0.25, 0.3) is 10.9 Å². The topological polar surface area (TPSA) is 108 Å². The van der Waals surface area contributed by atoms with Crippen molar-refractivity contribution >= 4 is 16.8 Å². The van der Waals surface area contributed by atoms with Crippen molar-refractivity contribution in [2.75, 3.05) is 0 Å². The normalized spacial score (nSPS) is 31.2. The minimum absolute atomic E-state index is 0.0425. The monoisotopic (exact) mass is 515 g/mol. The largest absolute Gasteiger partial charge is 0.388 e. The van der Waals surface area contributed by atoms with E-state index in [1.807, 2.05) is 43.5 Å². The lowest BCUT2D eigenvalue weighted by atomic mass is 9.74. The number of hydrogen-bond donors (Lipinski definition) is 4. The molecule has 2 aromatic heterocycles. The van der Waals surface area contributed by atoms with Gasteiger partial charge in [-0.15, -0.1) is 0 Å². The van der Waals surface area contributed by atoms with E-state index in [-0.39, 0.29) is 36.0 Å². The van der Waals surface area contributed by atoms with Gasteiger partial charge in [0, 0.05) is 36.0 Å². The van der Waals surface area contributed by atoms with E-state index in [4.69, 9.17) is 0 Å². The molecule has 1 saturated heterocycles. The molecule has 6 atom stereocenters. The Morgan fingerprint density at radius 3 is 2.89 bits per heavy atom. The van der Waals surface area contributed by atoms with Crippen LogP contribution in [-0.4, -0.2) is 38.2 Å². The van der Waals surface area contributed by atoms with E-state index >= 15 is 0 Å². The van der Waals surface area contributed by atoms with Gasteiger partial charge in [0.05, 0.1) is 23.7 Å². The van der Waals surface area contributed by atoms with Gasteiger partial charge in [0.15, 0.2) is 0 Å². The molecule has 1 aliphatic heterocycles. The summed E-state index contributed by atoms with van der Waals surface area (Å²) in [5.41, 5.74) is 8.80. The first-order chi connectivity index (χ1) is 18.4. The van der Waals surface area contributed by atoms with Gasteiger partial charge < -0.3 is 15.0 Å². The SMILES string of the molecule is Cc1cc(C2NNC3CCC(C(=O)N[C@@H]4CCC[C@](O)(Cn5c(=O)ccc6ccccc65)C4)CC32)ccn1. The van der Waals surface area contributed by atoms with Crippen LogP contribution in [0.2, 0.25) is 0 Å². The predicted molar refractivity (Wildman–Crippen MR) is 146 cm³/mol. The number of hydrogen-bond acceptors (Lipinski definition) is 6. The van der Waals surface area contributed by atoms with E-state index in [1.165, 1.54) is 5.56 Å². The number of carbonyl (C=O) groups is 1. The number of aromatic nitrogens is 2. The molecule has 1 aromatic carbocycles. The van der Waals surface area contributed by atoms with Crippen molar-refractivity contribution in [1.29, 1.82) is 0 Å². The molecule has 3 aliphatic rings. The zero-order chi connectivity index (χ0) is 26.3. The van der Waals surface area contributed by atoms with Crippen LogP contribution >= 0.6 is 0 Å². The molecule has 2 saturated carbocycles. The van der Waals surface area contributed by atoms with Gasteiger partial charge in [-0.25, -0.2) is 5.43 Å². The fourth-order valence-corrected chi connectivity index (χ4v) is 7.01. The number of aliphatic hydroxyl groups is 1. The summed E-state index contributed by atoms with van der Waals surface area (Å²) in [5.74, 6) is 0.388. The number of hydrazine groups is 1. The molecule has 2 aliphatic carbocycles. The first-order valence-corrected chi connectivity index (χ1v) is 13.9. The number of nitrogens with one attached hydrogen (secondary N) is 3. The second kappa shape index (κ2) is 10.2. The average molecular weight is 516 g/mol. The van der Waals surface area contributed by atoms with E-state index in [9.17, 15) is 14.7 Å². The quantitative estimate of drug-likeness (QED) is 0.416. The van der Waals surface area contributed by atoms with Gasteiger partial charge in [0.25, 0.3) is 5.56 Å². The minimum atomic E-state index is -1.04. The van der Waals surface area contributed by atoms with Crippen molar-refractivity contribution in [3.8, 4) is 0 Å². The van der Waals surface area contributed by atoms with Gasteiger partial charge in [-0.05, 0) is 93.0 Å². The van der Waals surface area contributed by atoms with E-state index in [0.29, 0.717) is 24.8 Å². The van der Waals surface area contributed by atoms with Gasteiger partial charge in [-0.2, -0.15) is 0 Å². The van der Waals surface area contributed by atoms with Crippen LogP contribution in [0.3, 0.4) is 0 Å². The molecule has 8 heteroatoms. The van der Waals surface area contributed by atoms with Crippen molar-refractivity contribution < 1.29 is 9.90 Å². The summed E-state index contributed by atoms with van der Waals surface area (Å²) in [6.07, 6.45) is 7.21. The van der Waals surface area contributed by atoms with Crippen LogP contribution in [0.1, 0.15) is 62.2 Å². The third-order valence-electron chi connectivity index (χ3n) is 8.92. The molecule has 0 spiro atoms. The van der Waals surface area contributed by atoms with Gasteiger partial charge in [0.2, 0.25) is 5.91 Å². The van der Waals surface area contributed by atoms with Crippen LogP contribution < -0.4 is 21.7 Å². The molecule has 38 heavy (non-hydrogen) atoms. The molecular weight excluding hydrogens is 478 g/mol. The number of fused-ring (bicyclic) bond motifs is 2. The zero-order valence-electron chi connectivity index (χ0n) is 21.9. The Morgan fingerprint density at radius 2 is 2.03 bits per heavy atom. The van der Waals surface area contributed by atoms with Gasteiger partial charge in [0.1, 0.15) is 0 Å². The summed E-state index contributed by atoms with van der Waals surface area (Å²) in [7, 11) is 0. The fraction of sp³-hybridized carbons (Fsp3) is 0.500. The summed E-state index contributed by atoms with van der Waals surface area (Å²) >= 11 is 0. The number of amides is 1. The maximum Gasteiger partial charge on any atom is 0.251 e. The van der Waals surface area contributed by atoms with Crippen LogP contribution in [0.5, 0.6) is 0 Å². The summed E-state index contributed by atoms with van der Waals surface area (Å²) < 4.78 is 1.68. The number of pyridine rings is 2. The van der Waals surface area contributed by atoms with Crippen LogP contribution in [-0.2, 0) is 11.3 Å². The maximum atomic E-state index is 13.5. The maximum absolute atomic E-state index is 13.5. The van der Waals surface area contributed by atoms with E-state index in [1.54, 1.807) is 10.6 Å². The second-order valence-corrected chi connectivity index (χ2v) is 11.6. The predicted octanol–water partition coefficient (Wildman–Crippen LogP) is 3.13. The smallest absolute Gasteiger partial charge is 0.251 e. The first kappa shape index (κ1) is 25.2. The molecule has 3 fully saturated rings. The van der Waals surface area contributed by atoms with E-state index < -0.39 is 5.60 Å². The van der Waals surface area contributed by atoms with Crippen molar-refractivity contribution in [1.82, 2.24) is 25.7 Å². The van der Waals surface area contributed by atoms with Crippen molar-refractivity contribution in [3.63, 3.8) is 0 Å². The van der Waals surface area contributed by atoms with E-state index in [0.717, 1.165) is 48.7 Å². The van der Waals surface area contributed by atoms with Gasteiger partial charge >= 0.3 is 0 Å². The summed E-state index contributed by atoms with van der Waals surface area (Å²) in [6, 6.07) is 15.8. The molecule has 200 valence electrons. The Bertz CT molecular complexity index is 1390. The Labute approximate surface area is 222 Å². The Kier molecular flexibility index (Phi) is 6.80. The summed E-state index contributed by atoms with van der Waals surface area (Å²) in [6.45, 7) is 2.24. The highest BCUT2D eigenvalue weighted by molar-refractivity contribution is 5.79. The number of nitrogens with zero attached hydrogens (tertiary/aromatic N) is 2. The van der Waals surface area contributed by atoms with Crippen molar-refractivity contribution in [3.05, 3.63) is 76.3 Å². The molecule has 0 bridgehead atoms. The molecule has 4 unspecified atom stereocenters. The molecular formula is C30H37N5O3. The van der Waals surface area contributed by atoms with Crippen LogP contribution in [0.4, 0.5) is 0 Å². The first-order valence-electron chi connectivity index (χ1n) is 13.9. The second-order valence-electron chi connectivity index (χ2n) is 11.6. The Balaban J connectivity index is 1.12. The number of benzene rings is 1. The summed E-state index contributed by atoms with van der Waals surface area (Å²) in [4.78, 5) is 30.5. The molecule has 3 heterocycles. The molecule has 0 radical (unpaired) electrons. The highest BCUT2D eigenvalue weighted by Gasteiger charge is 2.43. The van der Waals surface area contributed by atoms with E-state index in [2.05, 4.69) is 33.3 Å². The number of carbonyl (C=O) groups excluding carboxylic acids is 1. The molecule has 3 aromatic rings. The highest BCUT2D eigenvalue weighted by atomic mass is 16.3. The molecule has 6 rings (SSSR count). The lowest BCUT2D eigenvalue weighted by Crippen LogP contribution is -2.50. The molecule has 4 N–H and O–H groups in total. The molecule has 1 amide bonds. The number of aryl methyl sites for hydroxylation is 1. The Hall–Kier alpha value is -3.07. The lowest BCUT2D eigenvalue weighted by molar-refractivity contribution is -0.128. The number of para-hydroxylation sites is 1. The zero-order valence-corrected chi connectivity index (χ0v) is 21.9. The van der Waals surface area contributed by atoms with Crippen molar-refractivity contribution in [2.24, 2.45) is 11.8 Å². The van der Waals surface area contributed by atoms with Crippen molar-refractivity contribution in [2.45, 2.75) is 82.1 Å². The van der Waals surface area contributed by atoms with Crippen LogP contribution in [0.15, 0.2) is 59.5 Å². The molecule has 8 nitrogen and oxygen atoms in total.